The second-order valence-corrected chi connectivity index (χ2v) is 7.91. The third-order valence-electron chi connectivity index (χ3n) is 5.33. The van der Waals surface area contributed by atoms with Gasteiger partial charge in [-0.1, -0.05) is 6.07 Å². The Morgan fingerprint density at radius 3 is 2.88 bits per heavy atom. The quantitative estimate of drug-likeness (QED) is 0.762. The highest BCUT2D eigenvalue weighted by Crippen LogP contribution is 2.28. The summed E-state index contributed by atoms with van der Waals surface area (Å²) in [5.74, 6) is 0.539. The van der Waals surface area contributed by atoms with Gasteiger partial charge in [0, 0.05) is 6.54 Å². The number of hydrogen-bond acceptors (Lipinski definition) is 4. The van der Waals surface area contributed by atoms with Crippen molar-refractivity contribution in [2.24, 2.45) is 0 Å². The number of rotatable bonds is 5. The zero-order valence-electron chi connectivity index (χ0n) is 15.4. The SMILES string of the molecule is CC(C)(Oc1ccc2c(c1)CCC2)C(=O)NC[C@]1(O)CCCNCC1. The molecule has 1 fully saturated rings. The highest BCUT2D eigenvalue weighted by molar-refractivity contribution is 5.84. The first-order chi connectivity index (χ1) is 11.9. The lowest BCUT2D eigenvalue weighted by atomic mass is 9.94. The number of fused-ring (bicyclic) bond motifs is 1. The third-order valence-corrected chi connectivity index (χ3v) is 5.33. The normalized spacial score (nSPS) is 23.6. The van der Waals surface area contributed by atoms with Crippen LogP contribution >= 0.6 is 0 Å². The van der Waals surface area contributed by atoms with Gasteiger partial charge in [-0.25, -0.2) is 0 Å². The number of aryl methyl sites for hydroxylation is 2. The van der Waals surface area contributed by atoms with E-state index in [2.05, 4.69) is 22.8 Å². The van der Waals surface area contributed by atoms with Crippen LogP contribution in [-0.4, -0.2) is 41.9 Å². The number of nitrogens with one attached hydrogen (secondary N) is 2. The number of aliphatic hydroxyl groups is 1. The Morgan fingerprint density at radius 2 is 2.04 bits per heavy atom. The predicted molar refractivity (Wildman–Crippen MR) is 97.9 cm³/mol. The molecule has 138 valence electrons. The molecular formula is C20H30N2O3. The summed E-state index contributed by atoms with van der Waals surface area (Å²) in [6.45, 7) is 5.51. The molecule has 0 saturated carbocycles. The van der Waals surface area contributed by atoms with E-state index in [-0.39, 0.29) is 12.5 Å². The lowest BCUT2D eigenvalue weighted by molar-refractivity contribution is -0.135. The van der Waals surface area contributed by atoms with E-state index < -0.39 is 11.2 Å². The summed E-state index contributed by atoms with van der Waals surface area (Å²) in [5, 5.41) is 16.8. The van der Waals surface area contributed by atoms with Crippen molar-refractivity contribution in [1.29, 1.82) is 0 Å². The predicted octanol–water partition coefficient (Wildman–Crippen LogP) is 1.95. The molecule has 1 aliphatic heterocycles. The van der Waals surface area contributed by atoms with Crippen molar-refractivity contribution in [3.05, 3.63) is 29.3 Å². The minimum Gasteiger partial charge on any atom is -0.478 e. The molecule has 1 heterocycles. The fourth-order valence-electron chi connectivity index (χ4n) is 3.70. The lowest BCUT2D eigenvalue weighted by Gasteiger charge is -2.30. The standard InChI is InChI=1S/C20H30N2O3/c1-19(2,25-17-8-7-15-5-3-6-16(15)13-17)18(23)22-14-20(24)9-4-11-21-12-10-20/h7-8,13,21,24H,3-6,9-12,14H2,1-2H3,(H,22,23)/t20-/m0/s1. The van der Waals surface area contributed by atoms with Gasteiger partial charge in [0.2, 0.25) is 0 Å². The maximum Gasteiger partial charge on any atom is 0.263 e. The van der Waals surface area contributed by atoms with E-state index in [4.69, 9.17) is 4.74 Å². The summed E-state index contributed by atoms with van der Waals surface area (Å²) < 4.78 is 5.98. The molecule has 5 nitrogen and oxygen atoms in total. The fraction of sp³-hybridized carbons (Fsp3) is 0.650. The van der Waals surface area contributed by atoms with Gasteiger partial charge in [0.15, 0.2) is 5.60 Å². The van der Waals surface area contributed by atoms with Crippen LogP contribution in [0.3, 0.4) is 0 Å². The first-order valence-electron chi connectivity index (χ1n) is 9.40. The molecule has 1 atom stereocenters. The van der Waals surface area contributed by atoms with Crippen LogP contribution in [0.1, 0.15) is 50.7 Å². The molecule has 0 unspecified atom stereocenters. The van der Waals surface area contributed by atoms with E-state index in [0.717, 1.165) is 38.1 Å². The lowest BCUT2D eigenvalue weighted by Crippen LogP contribution is -2.51. The number of carbonyl (C=O) groups is 1. The molecular weight excluding hydrogens is 316 g/mol. The summed E-state index contributed by atoms with van der Waals surface area (Å²) >= 11 is 0. The van der Waals surface area contributed by atoms with E-state index in [1.54, 1.807) is 13.8 Å². The first kappa shape index (κ1) is 18.2. The smallest absolute Gasteiger partial charge is 0.263 e. The van der Waals surface area contributed by atoms with Crippen LogP contribution in [0.25, 0.3) is 0 Å². The van der Waals surface area contributed by atoms with Crippen LogP contribution in [0, 0.1) is 0 Å². The van der Waals surface area contributed by atoms with E-state index >= 15 is 0 Å². The van der Waals surface area contributed by atoms with E-state index in [1.165, 1.54) is 17.5 Å². The van der Waals surface area contributed by atoms with Crippen molar-refractivity contribution < 1.29 is 14.6 Å². The highest BCUT2D eigenvalue weighted by Gasteiger charge is 2.34. The molecule has 5 heteroatoms. The Bertz CT molecular complexity index is 619. The molecule has 3 N–H and O–H groups in total. The highest BCUT2D eigenvalue weighted by atomic mass is 16.5. The molecule has 0 bridgehead atoms. The van der Waals surface area contributed by atoms with Crippen LogP contribution in [0.5, 0.6) is 5.75 Å². The van der Waals surface area contributed by atoms with Gasteiger partial charge in [-0.15, -0.1) is 0 Å². The molecule has 0 radical (unpaired) electrons. The average molecular weight is 346 g/mol. The Kier molecular flexibility index (Phi) is 5.35. The topological polar surface area (TPSA) is 70.6 Å². The second kappa shape index (κ2) is 7.34. The Balaban J connectivity index is 1.58. The van der Waals surface area contributed by atoms with Crippen LogP contribution in [0.4, 0.5) is 0 Å². The summed E-state index contributed by atoms with van der Waals surface area (Å²) in [6, 6.07) is 6.11. The van der Waals surface area contributed by atoms with Crippen molar-refractivity contribution in [1.82, 2.24) is 10.6 Å². The molecule has 3 rings (SSSR count). The van der Waals surface area contributed by atoms with Gasteiger partial charge in [-0.2, -0.15) is 0 Å². The third kappa shape index (κ3) is 4.53. The Morgan fingerprint density at radius 1 is 1.24 bits per heavy atom. The summed E-state index contributed by atoms with van der Waals surface area (Å²) in [5.41, 5.74) is 0.905. The van der Waals surface area contributed by atoms with Gasteiger partial charge < -0.3 is 20.5 Å². The van der Waals surface area contributed by atoms with Crippen LogP contribution in [0.15, 0.2) is 18.2 Å². The number of amides is 1. The number of hydrogen-bond donors (Lipinski definition) is 3. The molecule has 0 spiro atoms. The van der Waals surface area contributed by atoms with Crippen LogP contribution in [-0.2, 0) is 17.6 Å². The van der Waals surface area contributed by atoms with E-state index in [1.807, 2.05) is 6.07 Å². The zero-order chi connectivity index (χ0) is 17.9. The van der Waals surface area contributed by atoms with Gasteiger partial charge in [-0.3, -0.25) is 4.79 Å². The van der Waals surface area contributed by atoms with Gasteiger partial charge in [0.25, 0.3) is 5.91 Å². The molecule has 2 aliphatic rings. The Labute approximate surface area is 150 Å². The molecule has 0 aromatic heterocycles. The average Bonchev–Trinajstić information content (AvgIpc) is 2.92. The van der Waals surface area contributed by atoms with E-state index in [0.29, 0.717) is 12.8 Å². The van der Waals surface area contributed by atoms with E-state index in [9.17, 15) is 9.90 Å². The van der Waals surface area contributed by atoms with Crippen molar-refractivity contribution >= 4 is 5.91 Å². The maximum absolute atomic E-state index is 12.6. The van der Waals surface area contributed by atoms with Crippen molar-refractivity contribution in [3.8, 4) is 5.75 Å². The molecule has 1 aromatic carbocycles. The number of benzene rings is 1. The number of ether oxygens (including phenoxy) is 1. The monoisotopic (exact) mass is 346 g/mol. The van der Waals surface area contributed by atoms with Crippen LogP contribution < -0.4 is 15.4 Å². The molecule has 1 aliphatic carbocycles. The van der Waals surface area contributed by atoms with Crippen molar-refractivity contribution in [3.63, 3.8) is 0 Å². The van der Waals surface area contributed by atoms with Gasteiger partial charge in [-0.05, 0) is 88.7 Å². The Hall–Kier alpha value is -1.59. The molecule has 1 saturated heterocycles. The largest absolute Gasteiger partial charge is 0.478 e. The molecule has 1 amide bonds. The van der Waals surface area contributed by atoms with Gasteiger partial charge >= 0.3 is 0 Å². The van der Waals surface area contributed by atoms with Crippen LogP contribution in [0.2, 0.25) is 0 Å². The summed E-state index contributed by atoms with van der Waals surface area (Å²) in [6.07, 6.45) is 5.68. The molecule has 25 heavy (non-hydrogen) atoms. The second-order valence-electron chi connectivity index (χ2n) is 7.91. The van der Waals surface area contributed by atoms with Crippen molar-refractivity contribution in [2.45, 2.75) is 63.6 Å². The van der Waals surface area contributed by atoms with Crippen molar-refractivity contribution in [2.75, 3.05) is 19.6 Å². The summed E-state index contributed by atoms with van der Waals surface area (Å²) in [7, 11) is 0. The molecule has 1 aromatic rings. The number of carbonyl (C=O) groups excluding carboxylic acids is 1. The summed E-state index contributed by atoms with van der Waals surface area (Å²) in [4.78, 5) is 12.6. The first-order valence-corrected chi connectivity index (χ1v) is 9.40. The fourth-order valence-corrected chi connectivity index (χ4v) is 3.70. The minimum atomic E-state index is -0.980. The zero-order valence-corrected chi connectivity index (χ0v) is 15.4. The van der Waals surface area contributed by atoms with Gasteiger partial charge in [0.05, 0.1) is 5.60 Å². The maximum atomic E-state index is 12.6. The van der Waals surface area contributed by atoms with Gasteiger partial charge in [0.1, 0.15) is 5.75 Å². The minimum absolute atomic E-state index is 0.196.